The van der Waals surface area contributed by atoms with E-state index in [-0.39, 0.29) is 5.82 Å². The Hall–Kier alpha value is -0.450. The first-order valence-corrected chi connectivity index (χ1v) is 7.80. The maximum atomic E-state index is 13.1. The minimum atomic E-state index is -0.186. The fourth-order valence-corrected chi connectivity index (χ4v) is 3.19. The summed E-state index contributed by atoms with van der Waals surface area (Å²) in [6.45, 7) is 7.43. The number of piperazine rings is 1. The fraction of sp³-hybridized carbons (Fsp3) is 0.600. The van der Waals surface area contributed by atoms with Crippen LogP contribution in [0.5, 0.6) is 0 Å². The summed E-state index contributed by atoms with van der Waals surface area (Å²) < 4.78 is 14.0. The lowest BCUT2D eigenvalue weighted by Gasteiger charge is -2.39. The molecule has 1 aromatic carbocycles. The molecule has 1 aromatic rings. The van der Waals surface area contributed by atoms with Gasteiger partial charge in [0.25, 0.3) is 0 Å². The van der Waals surface area contributed by atoms with E-state index in [0.29, 0.717) is 12.1 Å². The van der Waals surface area contributed by atoms with E-state index in [1.807, 2.05) is 6.07 Å². The molecular formula is C15H22BrFN2. The maximum Gasteiger partial charge on any atom is 0.124 e. The Morgan fingerprint density at radius 2 is 2.26 bits per heavy atom. The lowest BCUT2D eigenvalue weighted by molar-refractivity contribution is 0.120. The van der Waals surface area contributed by atoms with Gasteiger partial charge in [-0.05, 0) is 31.0 Å². The van der Waals surface area contributed by atoms with Crippen molar-refractivity contribution < 1.29 is 4.39 Å². The molecule has 2 nitrogen and oxygen atoms in total. The zero-order valence-corrected chi connectivity index (χ0v) is 13.2. The van der Waals surface area contributed by atoms with Gasteiger partial charge in [0.15, 0.2) is 0 Å². The topological polar surface area (TPSA) is 15.3 Å². The van der Waals surface area contributed by atoms with Crippen LogP contribution >= 0.6 is 15.9 Å². The number of nitrogens with zero attached hydrogens (tertiary/aromatic N) is 1. The van der Waals surface area contributed by atoms with Crippen molar-refractivity contribution in [3.8, 4) is 0 Å². The number of hydrogen-bond acceptors (Lipinski definition) is 2. The van der Waals surface area contributed by atoms with E-state index in [1.54, 1.807) is 12.1 Å². The molecule has 2 unspecified atom stereocenters. The van der Waals surface area contributed by atoms with Gasteiger partial charge in [-0.15, -0.1) is 0 Å². The second kappa shape index (κ2) is 6.82. The van der Waals surface area contributed by atoms with Gasteiger partial charge in [-0.3, -0.25) is 4.90 Å². The highest BCUT2D eigenvalue weighted by Crippen LogP contribution is 2.22. The fourth-order valence-electron chi connectivity index (χ4n) is 2.71. The maximum absolute atomic E-state index is 13.1. The lowest BCUT2D eigenvalue weighted by atomic mass is 10.0. The lowest BCUT2D eigenvalue weighted by Crippen LogP contribution is -2.54. The third-order valence-corrected chi connectivity index (χ3v) is 4.48. The van der Waals surface area contributed by atoms with E-state index in [0.717, 1.165) is 29.7 Å². The van der Waals surface area contributed by atoms with Crippen LogP contribution in [0.1, 0.15) is 32.3 Å². The molecule has 0 bridgehead atoms. The molecule has 0 spiro atoms. The quantitative estimate of drug-likeness (QED) is 0.909. The summed E-state index contributed by atoms with van der Waals surface area (Å²) in [5, 5.41) is 3.54. The first kappa shape index (κ1) is 14.9. The molecule has 4 heteroatoms. The van der Waals surface area contributed by atoms with Crippen LogP contribution in [0, 0.1) is 5.82 Å². The highest BCUT2D eigenvalue weighted by Gasteiger charge is 2.25. The Bertz CT molecular complexity index is 425. The molecule has 2 rings (SSSR count). The van der Waals surface area contributed by atoms with Gasteiger partial charge in [-0.25, -0.2) is 4.39 Å². The monoisotopic (exact) mass is 328 g/mol. The Kier molecular flexibility index (Phi) is 5.37. The Morgan fingerprint density at radius 3 is 2.95 bits per heavy atom. The van der Waals surface area contributed by atoms with Crippen molar-refractivity contribution in [1.82, 2.24) is 10.2 Å². The van der Waals surface area contributed by atoms with E-state index in [9.17, 15) is 4.39 Å². The molecule has 19 heavy (non-hydrogen) atoms. The van der Waals surface area contributed by atoms with Crippen molar-refractivity contribution in [2.75, 3.05) is 13.1 Å². The molecule has 1 heterocycles. The zero-order valence-electron chi connectivity index (χ0n) is 11.6. The van der Waals surface area contributed by atoms with Crippen molar-refractivity contribution in [2.24, 2.45) is 0 Å². The zero-order chi connectivity index (χ0) is 13.8. The van der Waals surface area contributed by atoms with Crippen molar-refractivity contribution in [1.29, 1.82) is 0 Å². The number of hydrogen-bond donors (Lipinski definition) is 1. The molecular weight excluding hydrogens is 307 g/mol. The third-order valence-electron chi connectivity index (χ3n) is 3.74. The van der Waals surface area contributed by atoms with Gasteiger partial charge in [0.05, 0.1) is 0 Å². The second-order valence-electron chi connectivity index (χ2n) is 5.42. The average Bonchev–Trinajstić information content (AvgIpc) is 2.36. The minimum absolute atomic E-state index is 0.186. The highest BCUT2D eigenvalue weighted by molar-refractivity contribution is 9.10. The van der Waals surface area contributed by atoms with Crippen molar-refractivity contribution in [3.63, 3.8) is 0 Å². The van der Waals surface area contributed by atoms with Crippen molar-refractivity contribution in [3.05, 3.63) is 34.1 Å². The van der Waals surface area contributed by atoms with Crippen LogP contribution in [0.25, 0.3) is 0 Å². The first-order chi connectivity index (χ1) is 9.10. The van der Waals surface area contributed by atoms with Crippen LogP contribution < -0.4 is 5.32 Å². The van der Waals surface area contributed by atoms with Crippen LogP contribution in [0.15, 0.2) is 22.7 Å². The molecule has 0 radical (unpaired) electrons. The van der Waals surface area contributed by atoms with Gasteiger partial charge in [0.2, 0.25) is 0 Å². The van der Waals surface area contributed by atoms with E-state index < -0.39 is 0 Å². The molecule has 1 saturated heterocycles. The van der Waals surface area contributed by atoms with Crippen molar-refractivity contribution >= 4 is 15.9 Å². The standard InChI is InChI=1S/C15H22BrFN2/c1-3-4-14-8-18-11(2)9-19(14)10-12-5-6-13(17)7-15(12)16/h5-7,11,14,18H,3-4,8-10H2,1-2H3. The second-order valence-corrected chi connectivity index (χ2v) is 6.27. The Morgan fingerprint density at radius 1 is 1.47 bits per heavy atom. The number of benzene rings is 1. The molecule has 1 N–H and O–H groups in total. The van der Waals surface area contributed by atoms with Crippen LogP contribution in [-0.2, 0) is 6.54 Å². The summed E-state index contributed by atoms with van der Waals surface area (Å²) >= 11 is 3.47. The molecule has 0 aliphatic carbocycles. The van der Waals surface area contributed by atoms with Gasteiger partial charge in [0, 0.05) is 36.2 Å². The van der Waals surface area contributed by atoms with Crippen molar-refractivity contribution in [2.45, 2.75) is 45.3 Å². The largest absolute Gasteiger partial charge is 0.311 e. The predicted molar refractivity (Wildman–Crippen MR) is 80.7 cm³/mol. The van der Waals surface area contributed by atoms with Crippen LogP contribution in [-0.4, -0.2) is 30.1 Å². The molecule has 2 atom stereocenters. The van der Waals surface area contributed by atoms with Gasteiger partial charge in [-0.1, -0.05) is 35.3 Å². The minimum Gasteiger partial charge on any atom is -0.311 e. The average molecular weight is 329 g/mol. The normalized spacial score (nSPS) is 24.6. The van der Waals surface area contributed by atoms with E-state index >= 15 is 0 Å². The number of nitrogens with one attached hydrogen (secondary N) is 1. The third kappa shape index (κ3) is 4.01. The summed E-state index contributed by atoms with van der Waals surface area (Å²) in [5.41, 5.74) is 1.16. The van der Waals surface area contributed by atoms with Crippen LogP contribution in [0.2, 0.25) is 0 Å². The van der Waals surface area contributed by atoms with Gasteiger partial charge >= 0.3 is 0 Å². The van der Waals surface area contributed by atoms with Crippen LogP contribution in [0.3, 0.4) is 0 Å². The summed E-state index contributed by atoms with van der Waals surface area (Å²) in [4.78, 5) is 2.52. The van der Waals surface area contributed by atoms with Crippen LogP contribution in [0.4, 0.5) is 4.39 Å². The molecule has 0 aromatic heterocycles. The molecule has 1 aliphatic heterocycles. The molecule has 1 aliphatic rings. The molecule has 1 fully saturated rings. The Labute approximate surface area is 123 Å². The highest BCUT2D eigenvalue weighted by atomic mass is 79.9. The van der Waals surface area contributed by atoms with Gasteiger partial charge in [-0.2, -0.15) is 0 Å². The van der Waals surface area contributed by atoms with Gasteiger partial charge in [0.1, 0.15) is 5.82 Å². The van der Waals surface area contributed by atoms with Gasteiger partial charge < -0.3 is 5.32 Å². The number of halogens is 2. The molecule has 0 saturated carbocycles. The molecule has 0 amide bonds. The SMILES string of the molecule is CCCC1CNC(C)CN1Cc1ccc(F)cc1Br. The summed E-state index contributed by atoms with van der Waals surface area (Å²) in [7, 11) is 0. The number of rotatable bonds is 4. The predicted octanol–water partition coefficient (Wildman–Crippen LogP) is 3.55. The summed E-state index contributed by atoms with van der Waals surface area (Å²) in [6.07, 6.45) is 2.40. The Balaban J connectivity index is 2.09. The summed E-state index contributed by atoms with van der Waals surface area (Å²) in [5.74, 6) is -0.186. The molecule has 106 valence electrons. The summed E-state index contributed by atoms with van der Waals surface area (Å²) in [6, 6.07) is 6.08. The first-order valence-electron chi connectivity index (χ1n) is 7.01. The van der Waals surface area contributed by atoms with E-state index in [1.165, 1.54) is 12.8 Å². The van der Waals surface area contributed by atoms with E-state index in [4.69, 9.17) is 0 Å². The smallest absolute Gasteiger partial charge is 0.124 e. The van der Waals surface area contributed by atoms with E-state index in [2.05, 4.69) is 40.0 Å².